The Balaban J connectivity index is 2.03. The summed E-state index contributed by atoms with van der Waals surface area (Å²) in [7, 11) is 0. The molecule has 1 N–H and O–H groups in total. The van der Waals surface area contributed by atoms with Crippen molar-refractivity contribution in [2.24, 2.45) is 11.8 Å². The Bertz CT molecular complexity index is 397. The van der Waals surface area contributed by atoms with Gasteiger partial charge in [-0.15, -0.1) is 0 Å². The molecule has 1 aromatic rings. The predicted octanol–water partition coefficient (Wildman–Crippen LogP) is 2.81. The number of rotatable bonds is 1. The van der Waals surface area contributed by atoms with Crippen LogP contribution in [0.1, 0.15) is 24.0 Å². The highest BCUT2D eigenvalue weighted by molar-refractivity contribution is 5.32. The maximum Gasteiger partial charge on any atom is 0.267 e. The molecule has 2 aliphatic rings. The molecule has 0 heterocycles. The fourth-order valence-electron chi connectivity index (χ4n) is 3.57. The molecule has 1 saturated carbocycles. The van der Waals surface area contributed by atoms with Crippen molar-refractivity contribution in [3.63, 3.8) is 0 Å². The molecule has 1 fully saturated rings. The monoisotopic (exact) mass is 238 g/mol. The van der Waals surface area contributed by atoms with Crippen LogP contribution in [-0.2, 0) is 12.8 Å². The molecular formula is C14H16F2O. The van der Waals surface area contributed by atoms with Crippen LogP contribution in [0.4, 0.5) is 8.78 Å². The molecule has 2 bridgehead atoms. The molecule has 3 heteroatoms. The van der Waals surface area contributed by atoms with Crippen molar-refractivity contribution in [3.8, 4) is 0 Å². The zero-order chi connectivity index (χ0) is 12.0. The van der Waals surface area contributed by atoms with Gasteiger partial charge in [-0.1, -0.05) is 24.3 Å². The molecular weight excluding hydrogens is 222 g/mol. The van der Waals surface area contributed by atoms with Crippen LogP contribution in [0.3, 0.4) is 0 Å². The topological polar surface area (TPSA) is 20.2 Å². The van der Waals surface area contributed by atoms with Crippen LogP contribution in [-0.4, -0.2) is 17.1 Å². The van der Waals surface area contributed by atoms with E-state index in [1.165, 1.54) is 0 Å². The minimum absolute atomic E-state index is 0.281. The molecule has 0 amide bonds. The summed E-state index contributed by atoms with van der Waals surface area (Å²) in [5, 5.41) is 10.4. The van der Waals surface area contributed by atoms with Gasteiger partial charge in [-0.3, -0.25) is 0 Å². The van der Waals surface area contributed by atoms with Crippen LogP contribution in [0.15, 0.2) is 24.3 Å². The van der Waals surface area contributed by atoms with Crippen LogP contribution in [0.2, 0.25) is 0 Å². The van der Waals surface area contributed by atoms with E-state index >= 15 is 0 Å². The smallest absolute Gasteiger partial charge is 0.267 e. The fourth-order valence-corrected chi connectivity index (χ4v) is 3.57. The summed E-state index contributed by atoms with van der Waals surface area (Å²) in [5.74, 6) is -0.563. The Hall–Kier alpha value is -0.960. The van der Waals surface area contributed by atoms with Gasteiger partial charge in [-0.05, 0) is 48.6 Å². The van der Waals surface area contributed by atoms with Crippen LogP contribution < -0.4 is 0 Å². The number of aliphatic hydroxyl groups is 1. The minimum Gasteiger partial charge on any atom is -0.383 e. The molecule has 1 aromatic carbocycles. The Morgan fingerprint density at radius 2 is 1.53 bits per heavy atom. The number of hydrogen-bond donors (Lipinski definition) is 1. The first-order valence-corrected chi connectivity index (χ1v) is 6.19. The summed E-state index contributed by atoms with van der Waals surface area (Å²) >= 11 is 0. The van der Waals surface area contributed by atoms with Crippen molar-refractivity contribution in [1.82, 2.24) is 0 Å². The summed E-state index contributed by atoms with van der Waals surface area (Å²) in [6.45, 7) is 0. The maximum atomic E-state index is 13.2. The Morgan fingerprint density at radius 1 is 1.06 bits per heavy atom. The highest BCUT2D eigenvalue weighted by Crippen LogP contribution is 2.49. The van der Waals surface area contributed by atoms with Crippen molar-refractivity contribution < 1.29 is 13.9 Å². The molecule has 0 aliphatic heterocycles. The summed E-state index contributed by atoms with van der Waals surface area (Å²) in [4.78, 5) is 0. The molecule has 17 heavy (non-hydrogen) atoms. The molecule has 0 radical (unpaired) electrons. The molecule has 2 unspecified atom stereocenters. The maximum absolute atomic E-state index is 13.2. The van der Waals surface area contributed by atoms with Crippen molar-refractivity contribution >= 4 is 0 Å². The highest BCUT2D eigenvalue weighted by Gasteiger charge is 2.56. The molecule has 2 aliphatic carbocycles. The van der Waals surface area contributed by atoms with Gasteiger partial charge < -0.3 is 5.11 Å². The van der Waals surface area contributed by atoms with Crippen molar-refractivity contribution in [1.29, 1.82) is 0 Å². The van der Waals surface area contributed by atoms with Crippen LogP contribution in [0, 0.1) is 11.8 Å². The van der Waals surface area contributed by atoms with E-state index in [9.17, 15) is 13.9 Å². The Morgan fingerprint density at radius 3 is 1.94 bits per heavy atom. The summed E-state index contributed by atoms with van der Waals surface area (Å²) in [5.41, 5.74) is 0.511. The summed E-state index contributed by atoms with van der Waals surface area (Å²) < 4.78 is 26.4. The number of fused-ring (bicyclic) bond motifs is 3. The molecule has 2 atom stereocenters. The third-order valence-electron chi connectivity index (χ3n) is 4.57. The second-order valence-electron chi connectivity index (χ2n) is 5.34. The van der Waals surface area contributed by atoms with E-state index in [2.05, 4.69) is 0 Å². The fraction of sp³-hybridized carbons (Fsp3) is 0.571. The Kier molecular flexibility index (Phi) is 2.47. The van der Waals surface area contributed by atoms with E-state index in [1.54, 1.807) is 0 Å². The van der Waals surface area contributed by atoms with Gasteiger partial charge in [0, 0.05) is 0 Å². The lowest BCUT2D eigenvalue weighted by Gasteiger charge is -2.32. The predicted molar refractivity (Wildman–Crippen MR) is 61.0 cm³/mol. The zero-order valence-corrected chi connectivity index (χ0v) is 9.57. The van der Waals surface area contributed by atoms with Gasteiger partial charge in [0.25, 0.3) is 6.43 Å². The van der Waals surface area contributed by atoms with E-state index in [0.29, 0.717) is 12.8 Å². The first-order valence-electron chi connectivity index (χ1n) is 6.19. The van der Waals surface area contributed by atoms with E-state index in [1.807, 2.05) is 24.3 Å². The number of alkyl halides is 2. The molecule has 0 aromatic heterocycles. The van der Waals surface area contributed by atoms with Gasteiger partial charge in [0.2, 0.25) is 0 Å². The molecule has 0 spiro atoms. The van der Waals surface area contributed by atoms with Gasteiger partial charge >= 0.3 is 0 Å². The van der Waals surface area contributed by atoms with E-state index in [-0.39, 0.29) is 11.8 Å². The lowest BCUT2D eigenvalue weighted by Crippen LogP contribution is -2.47. The normalized spacial score (nSPS) is 35.8. The first kappa shape index (κ1) is 11.1. The van der Waals surface area contributed by atoms with Gasteiger partial charge in [0.15, 0.2) is 0 Å². The number of benzene rings is 1. The van der Waals surface area contributed by atoms with Crippen molar-refractivity contribution in [2.75, 3.05) is 0 Å². The minimum atomic E-state index is -2.63. The van der Waals surface area contributed by atoms with Crippen LogP contribution in [0.5, 0.6) is 0 Å². The van der Waals surface area contributed by atoms with Gasteiger partial charge in [-0.25, -0.2) is 8.78 Å². The SMILES string of the molecule is OC1(C(F)F)C2CCC1Cc1ccccc1C2. The lowest BCUT2D eigenvalue weighted by atomic mass is 9.83. The standard InChI is InChI=1S/C14H16F2O/c15-13(16)14(17)11-5-6-12(14)8-10-4-2-1-3-9(10)7-11/h1-4,11-13,17H,5-8H2. The van der Waals surface area contributed by atoms with Crippen LogP contribution in [0.25, 0.3) is 0 Å². The molecule has 3 rings (SSSR count). The quantitative estimate of drug-likeness (QED) is 0.797. The third kappa shape index (κ3) is 1.52. The molecule has 1 nitrogen and oxygen atoms in total. The van der Waals surface area contributed by atoms with E-state index < -0.39 is 12.0 Å². The average Bonchev–Trinajstić information content (AvgIpc) is 2.53. The second kappa shape index (κ2) is 3.77. The van der Waals surface area contributed by atoms with Crippen molar-refractivity contribution in [3.05, 3.63) is 35.4 Å². The summed E-state index contributed by atoms with van der Waals surface area (Å²) in [6, 6.07) is 7.89. The third-order valence-corrected chi connectivity index (χ3v) is 4.57. The first-order chi connectivity index (χ1) is 8.12. The van der Waals surface area contributed by atoms with E-state index in [4.69, 9.17) is 0 Å². The average molecular weight is 238 g/mol. The lowest BCUT2D eigenvalue weighted by molar-refractivity contribution is -0.143. The summed E-state index contributed by atoms with van der Waals surface area (Å²) in [6.07, 6.45) is -0.00456. The highest BCUT2D eigenvalue weighted by atomic mass is 19.3. The van der Waals surface area contributed by atoms with Crippen molar-refractivity contribution in [2.45, 2.75) is 37.7 Å². The van der Waals surface area contributed by atoms with Gasteiger partial charge in [0.05, 0.1) is 0 Å². The number of halogens is 2. The number of hydrogen-bond acceptors (Lipinski definition) is 1. The largest absolute Gasteiger partial charge is 0.383 e. The second-order valence-corrected chi connectivity index (χ2v) is 5.34. The van der Waals surface area contributed by atoms with E-state index in [0.717, 1.165) is 24.0 Å². The Labute approximate surface area is 99.5 Å². The zero-order valence-electron chi connectivity index (χ0n) is 9.57. The van der Waals surface area contributed by atoms with Gasteiger partial charge in [-0.2, -0.15) is 0 Å². The van der Waals surface area contributed by atoms with Crippen LogP contribution >= 0.6 is 0 Å². The van der Waals surface area contributed by atoms with Gasteiger partial charge in [0.1, 0.15) is 5.60 Å². The molecule has 0 saturated heterocycles. The molecule has 92 valence electrons.